The van der Waals surface area contributed by atoms with Gasteiger partial charge in [0, 0.05) is 13.0 Å². The third kappa shape index (κ3) is 9.07. The average molecular weight is 273 g/mol. The van der Waals surface area contributed by atoms with Crippen LogP contribution in [-0.2, 0) is 19.0 Å². The fraction of sp³-hybridized carbons (Fsp3) is 0.692. The molecular weight excluding hydrogens is 250 g/mol. The van der Waals surface area contributed by atoms with E-state index >= 15 is 0 Å². The highest BCUT2D eigenvalue weighted by Crippen LogP contribution is 2.07. The van der Waals surface area contributed by atoms with Gasteiger partial charge in [-0.3, -0.25) is 0 Å². The van der Waals surface area contributed by atoms with Crippen LogP contribution < -0.4 is 5.32 Å². The van der Waals surface area contributed by atoms with Gasteiger partial charge in [-0.05, 0) is 20.8 Å². The van der Waals surface area contributed by atoms with E-state index in [9.17, 15) is 9.59 Å². The Morgan fingerprint density at radius 3 is 2.47 bits per heavy atom. The Morgan fingerprint density at radius 1 is 1.37 bits per heavy atom. The number of esters is 1. The van der Waals surface area contributed by atoms with Gasteiger partial charge >= 0.3 is 12.1 Å². The molecule has 0 aliphatic carbocycles. The highest BCUT2D eigenvalue weighted by Gasteiger charge is 2.24. The van der Waals surface area contributed by atoms with Crippen LogP contribution in [-0.4, -0.2) is 44.0 Å². The maximum absolute atomic E-state index is 11.6. The Morgan fingerprint density at radius 2 is 2.00 bits per heavy atom. The molecule has 6 heteroatoms. The fourth-order valence-electron chi connectivity index (χ4n) is 1.21. The maximum atomic E-state index is 11.6. The standard InChI is InChI=1S/C13H23NO5/c1-6-8-18-9-7-10(11(15)17-5)14-12(16)19-13(2,3)4/h6,10H,1,7-9H2,2-5H3,(H,14,16)/t10-/m0/s1. The predicted molar refractivity (Wildman–Crippen MR) is 70.8 cm³/mol. The smallest absolute Gasteiger partial charge is 0.408 e. The second-order valence-corrected chi connectivity index (χ2v) is 4.87. The lowest BCUT2D eigenvalue weighted by atomic mass is 10.2. The summed E-state index contributed by atoms with van der Waals surface area (Å²) in [7, 11) is 1.26. The van der Waals surface area contributed by atoms with Crippen LogP contribution in [0.1, 0.15) is 27.2 Å². The highest BCUT2D eigenvalue weighted by atomic mass is 16.6. The van der Waals surface area contributed by atoms with Gasteiger partial charge in [0.25, 0.3) is 0 Å². The Labute approximate surface area is 114 Å². The van der Waals surface area contributed by atoms with Gasteiger partial charge in [-0.15, -0.1) is 6.58 Å². The van der Waals surface area contributed by atoms with Crippen LogP contribution in [0.15, 0.2) is 12.7 Å². The Kier molecular flexibility index (Phi) is 7.83. The number of ether oxygens (including phenoxy) is 3. The molecule has 1 amide bonds. The highest BCUT2D eigenvalue weighted by molar-refractivity contribution is 5.81. The van der Waals surface area contributed by atoms with Crippen molar-refractivity contribution in [2.24, 2.45) is 0 Å². The van der Waals surface area contributed by atoms with Gasteiger partial charge in [-0.25, -0.2) is 9.59 Å². The van der Waals surface area contributed by atoms with Crippen molar-refractivity contribution in [1.29, 1.82) is 0 Å². The van der Waals surface area contributed by atoms with Crippen LogP contribution in [0.2, 0.25) is 0 Å². The number of carbonyl (C=O) groups is 2. The van der Waals surface area contributed by atoms with Gasteiger partial charge in [0.15, 0.2) is 0 Å². The molecule has 110 valence electrons. The minimum atomic E-state index is -0.787. The average Bonchev–Trinajstić information content (AvgIpc) is 2.29. The van der Waals surface area contributed by atoms with Crippen molar-refractivity contribution in [2.45, 2.75) is 38.8 Å². The summed E-state index contributed by atoms with van der Waals surface area (Å²) in [6.45, 7) is 9.44. The van der Waals surface area contributed by atoms with Crippen LogP contribution in [0.25, 0.3) is 0 Å². The Bertz CT molecular complexity index is 309. The van der Waals surface area contributed by atoms with Crippen molar-refractivity contribution in [3.8, 4) is 0 Å². The molecule has 0 aliphatic rings. The van der Waals surface area contributed by atoms with Crippen molar-refractivity contribution in [3.63, 3.8) is 0 Å². The molecule has 0 unspecified atom stereocenters. The van der Waals surface area contributed by atoms with Gasteiger partial charge in [0.05, 0.1) is 13.7 Å². The molecule has 0 aromatic heterocycles. The number of alkyl carbamates (subject to hydrolysis) is 1. The third-order valence-corrected chi connectivity index (χ3v) is 1.96. The SMILES string of the molecule is C=CCOCC[C@H](NC(=O)OC(C)(C)C)C(=O)OC. The van der Waals surface area contributed by atoms with E-state index in [2.05, 4.69) is 16.6 Å². The first kappa shape index (κ1) is 17.4. The third-order valence-electron chi connectivity index (χ3n) is 1.96. The summed E-state index contributed by atoms with van der Waals surface area (Å²) < 4.78 is 14.9. The molecule has 0 spiro atoms. The van der Waals surface area contributed by atoms with Crippen molar-refractivity contribution >= 4 is 12.1 Å². The molecule has 0 rings (SSSR count). The molecule has 1 atom stereocenters. The van der Waals surface area contributed by atoms with E-state index in [1.165, 1.54) is 7.11 Å². The molecule has 0 aromatic carbocycles. The van der Waals surface area contributed by atoms with E-state index in [4.69, 9.17) is 9.47 Å². The Balaban J connectivity index is 4.30. The quantitative estimate of drug-likeness (QED) is 0.433. The summed E-state index contributed by atoms with van der Waals surface area (Å²) in [5.74, 6) is -0.534. The number of rotatable bonds is 7. The van der Waals surface area contributed by atoms with Gasteiger partial charge in [0.2, 0.25) is 0 Å². The maximum Gasteiger partial charge on any atom is 0.408 e. The minimum absolute atomic E-state index is 0.305. The van der Waals surface area contributed by atoms with Crippen molar-refractivity contribution in [2.75, 3.05) is 20.3 Å². The molecule has 0 aromatic rings. The molecule has 1 N–H and O–H groups in total. The number of hydrogen-bond acceptors (Lipinski definition) is 5. The van der Waals surface area contributed by atoms with Crippen molar-refractivity contribution in [3.05, 3.63) is 12.7 Å². The zero-order chi connectivity index (χ0) is 14.9. The van der Waals surface area contributed by atoms with Crippen LogP contribution in [0.4, 0.5) is 4.79 Å². The second-order valence-electron chi connectivity index (χ2n) is 4.87. The topological polar surface area (TPSA) is 73.9 Å². The monoisotopic (exact) mass is 273 g/mol. The first-order chi connectivity index (χ1) is 8.80. The van der Waals surface area contributed by atoms with E-state index in [0.29, 0.717) is 19.6 Å². The lowest BCUT2D eigenvalue weighted by Gasteiger charge is -2.22. The summed E-state index contributed by atoms with van der Waals surface area (Å²) in [5, 5.41) is 2.46. The number of hydrogen-bond donors (Lipinski definition) is 1. The molecule has 0 aliphatic heterocycles. The van der Waals surface area contributed by atoms with Gasteiger partial charge in [-0.1, -0.05) is 6.08 Å². The molecule has 0 radical (unpaired) electrons. The fourth-order valence-corrected chi connectivity index (χ4v) is 1.21. The molecule has 6 nitrogen and oxygen atoms in total. The number of nitrogens with one attached hydrogen (secondary N) is 1. The van der Waals surface area contributed by atoms with E-state index in [0.717, 1.165) is 0 Å². The normalized spacial score (nSPS) is 12.4. The van der Waals surface area contributed by atoms with E-state index in [1.807, 2.05) is 0 Å². The van der Waals surface area contributed by atoms with Gasteiger partial charge in [-0.2, -0.15) is 0 Å². The molecular formula is C13H23NO5. The molecule has 19 heavy (non-hydrogen) atoms. The summed E-state index contributed by atoms with van der Waals surface area (Å²) in [5.41, 5.74) is -0.621. The molecule has 0 bridgehead atoms. The number of amides is 1. The molecule has 0 fully saturated rings. The van der Waals surface area contributed by atoms with E-state index in [-0.39, 0.29) is 0 Å². The lowest BCUT2D eigenvalue weighted by Crippen LogP contribution is -2.44. The second kappa shape index (κ2) is 8.53. The summed E-state index contributed by atoms with van der Waals surface area (Å²) in [6.07, 6.45) is 1.25. The first-order valence-electron chi connectivity index (χ1n) is 6.06. The predicted octanol–water partition coefficient (Wildman–Crippen LogP) is 1.65. The van der Waals surface area contributed by atoms with Crippen LogP contribution in [0, 0.1) is 0 Å². The molecule has 0 saturated carbocycles. The van der Waals surface area contributed by atoms with Gasteiger partial charge < -0.3 is 19.5 Å². The summed E-state index contributed by atoms with van der Waals surface area (Å²) >= 11 is 0. The summed E-state index contributed by atoms with van der Waals surface area (Å²) in [6, 6.07) is -0.787. The van der Waals surface area contributed by atoms with E-state index in [1.54, 1.807) is 26.8 Å². The lowest BCUT2D eigenvalue weighted by molar-refractivity contribution is -0.143. The van der Waals surface area contributed by atoms with Crippen LogP contribution >= 0.6 is 0 Å². The Hall–Kier alpha value is -1.56. The van der Waals surface area contributed by atoms with Gasteiger partial charge in [0.1, 0.15) is 11.6 Å². The largest absolute Gasteiger partial charge is 0.467 e. The summed E-state index contributed by atoms with van der Waals surface area (Å²) in [4.78, 5) is 23.1. The van der Waals surface area contributed by atoms with E-state index < -0.39 is 23.7 Å². The molecule has 0 saturated heterocycles. The van der Waals surface area contributed by atoms with Crippen LogP contribution in [0.5, 0.6) is 0 Å². The number of carbonyl (C=O) groups excluding carboxylic acids is 2. The zero-order valence-electron chi connectivity index (χ0n) is 12.0. The zero-order valence-corrected chi connectivity index (χ0v) is 12.0. The van der Waals surface area contributed by atoms with Crippen LogP contribution in [0.3, 0.4) is 0 Å². The number of methoxy groups -OCH3 is 1. The molecule has 0 heterocycles. The minimum Gasteiger partial charge on any atom is -0.467 e. The van der Waals surface area contributed by atoms with Crippen molar-refractivity contribution in [1.82, 2.24) is 5.32 Å². The first-order valence-corrected chi connectivity index (χ1v) is 6.06. The van der Waals surface area contributed by atoms with Crippen molar-refractivity contribution < 1.29 is 23.8 Å².